The normalized spacial score (nSPS) is 12.7. The Bertz CT molecular complexity index is 737. The fraction of sp³-hybridized carbons (Fsp3) is 0.500. The van der Waals surface area contributed by atoms with Crippen LogP contribution in [0.4, 0.5) is 26.3 Å². The van der Waals surface area contributed by atoms with Crippen molar-refractivity contribution in [3.63, 3.8) is 0 Å². The highest BCUT2D eigenvalue weighted by molar-refractivity contribution is 5.86. The molecular weight excluding hydrogens is 358 g/mol. The molecule has 0 saturated heterocycles. The smallest absolute Gasteiger partial charge is 0.316 e. The number of rotatable bonds is 7. The Labute approximate surface area is 147 Å². The Kier molecular flexibility index (Phi) is 6.49. The van der Waals surface area contributed by atoms with Crippen LogP contribution >= 0.6 is 0 Å². The lowest BCUT2D eigenvalue weighted by Gasteiger charge is -2.15. The Morgan fingerprint density at radius 1 is 0.962 bits per heavy atom. The monoisotopic (exact) mass is 378 g/mol. The van der Waals surface area contributed by atoms with E-state index in [2.05, 4.69) is 17.2 Å². The highest BCUT2D eigenvalue weighted by atomic mass is 19.4. The van der Waals surface area contributed by atoms with E-state index in [4.69, 9.17) is 0 Å². The SMILES string of the molecule is CCCCCNCCc1cc(C(F)(F)F)nc2c(C(F)(F)F)cccc12. The van der Waals surface area contributed by atoms with E-state index in [1.165, 1.54) is 12.1 Å². The number of unbranched alkanes of at least 4 members (excludes halogenated alkanes) is 2. The van der Waals surface area contributed by atoms with Crippen molar-refractivity contribution in [2.75, 3.05) is 13.1 Å². The highest BCUT2D eigenvalue weighted by Gasteiger charge is 2.37. The summed E-state index contributed by atoms with van der Waals surface area (Å²) in [5, 5.41) is 3.21. The first-order valence-electron chi connectivity index (χ1n) is 8.42. The number of fused-ring (bicyclic) bond motifs is 1. The van der Waals surface area contributed by atoms with E-state index in [0.29, 0.717) is 6.54 Å². The molecule has 0 radical (unpaired) electrons. The minimum absolute atomic E-state index is 0.100. The Morgan fingerprint density at radius 3 is 2.31 bits per heavy atom. The Morgan fingerprint density at radius 2 is 1.69 bits per heavy atom. The van der Waals surface area contributed by atoms with Crippen LogP contribution in [0.5, 0.6) is 0 Å². The molecule has 1 heterocycles. The third kappa shape index (κ3) is 5.09. The van der Waals surface area contributed by atoms with Gasteiger partial charge in [-0.05, 0) is 43.6 Å². The molecule has 0 saturated carbocycles. The van der Waals surface area contributed by atoms with Gasteiger partial charge in [-0.25, -0.2) is 4.98 Å². The van der Waals surface area contributed by atoms with Crippen LogP contribution in [-0.4, -0.2) is 18.1 Å². The summed E-state index contributed by atoms with van der Waals surface area (Å²) in [6, 6.07) is 4.17. The molecule has 0 unspecified atom stereocenters. The zero-order chi connectivity index (χ0) is 19.4. The minimum Gasteiger partial charge on any atom is -0.316 e. The van der Waals surface area contributed by atoms with E-state index >= 15 is 0 Å². The summed E-state index contributed by atoms with van der Waals surface area (Å²) < 4.78 is 78.8. The molecule has 144 valence electrons. The predicted molar refractivity (Wildman–Crippen MR) is 87.8 cm³/mol. The predicted octanol–water partition coefficient (Wildman–Crippen LogP) is 5.59. The number of alkyl halides is 6. The van der Waals surface area contributed by atoms with Gasteiger partial charge < -0.3 is 5.32 Å². The molecule has 0 bridgehead atoms. The van der Waals surface area contributed by atoms with Gasteiger partial charge in [0.2, 0.25) is 0 Å². The van der Waals surface area contributed by atoms with Crippen molar-refractivity contribution in [1.29, 1.82) is 0 Å². The summed E-state index contributed by atoms with van der Waals surface area (Å²) in [5.74, 6) is 0. The summed E-state index contributed by atoms with van der Waals surface area (Å²) in [7, 11) is 0. The number of hydrogen-bond acceptors (Lipinski definition) is 2. The third-order valence-electron chi connectivity index (χ3n) is 4.05. The molecule has 2 aromatic rings. The lowest BCUT2D eigenvalue weighted by atomic mass is 10.0. The second kappa shape index (κ2) is 8.24. The molecule has 0 atom stereocenters. The standard InChI is InChI=1S/C18H20F6N2/c1-2-3-4-9-25-10-8-12-11-15(18(22,23)24)26-16-13(12)6-5-7-14(16)17(19,20)21/h5-7,11,25H,2-4,8-10H2,1H3. The van der Waals surface area contributed by atoms with Crippen molar-refractivity contribution < 1.29 is 26.3 Å². The summed E-state index contributed by atoms with van der Waals surface area (Å²) in [4.78, 5) is 3.28. The van der Waals surface area contributed by atoms with Gasteiger partial charge >= 0.3 is 12.4 Å². The van der Waals surface area contributed by atoms with E-state index in [-0.39, 0.29) is 17.4 Å². The third-order valence-corrected chi connectivity index (χ3v) is 4.05. The van der Waals surface area contributed by atoms with Gasteiger partial charge in [-0.1, -0.05) is 31.9 Å². The number of benzene rings is 1. The van der Waals surface area contributed by atoms with Crippen LogP contribution in [0.15, 0.2) is 24.3 Å². The summed E-state index contributed by atoms with van der Waals surface area (Å²) in [6.45, 7) is 3.16. The van der Waals surface area contributed by atoms with Crippen LogP contribution in [0.25, 0.3) is 10.9 Å². The van der Waals surface area contributed by atoms with Gasteiger partial charge in [0.05, 0.1) is 11.1 Å². The van der Waals surface area contributed by atoms with Gasteiger partial charge in [0.15, 0.2) is 0 Å². The number of nitrogens with one attached hydrogen (secondary N) is 1. The average Bonchev–Trinajstić information content (AvgIpc) is 2.55. The van der Waals surface area contributed by atoms with E-state index in [0.717, 1.165) is 37.9 Å². The van der Waals surface area contributed by atoms with Crippen molar-refractivity contribution in [2.45, 2.75) is 45.0 Å². The van der Waals surface area contributed by atoms with E-state index in [1.807, 2.05) is 0 Å². The molecular formula is C18H20F6N2. The Hall–Kier alpha value is -1.83. The highest BCUT2D eigenvalue weighted by Crippen LogP contribution is 2.37. The fourth-order valence-corrected chi connectivity index (χ4v) is 2.75. The second-order valence-corrected chi connectivity index (χ2v) is 6.07. The maximum atomic E-state index is 13.2. The quantitative estimate of drug-likeness (QED) is 0.501. The van der Waals surface area contributed by atoms with Crippen molar-refractivity contribution in [3.8, 4) is 0 Å². The topological polar surface area (TPSA) is 24.9 Å². The Balaban J connectivity index is 2.38. The van der Waals surface area contributed by atoms with Gasteiger partial charge in [0.1, 0.15) is 5.69 Å². The van der Waals surface area contributed by atoms with Gasteiger partial charge in [-0.3, -0.25) is 0 Å². The lowest BCUT2D eigenvalue weighted by molar-refractivity contribution is -0.142. The number of nitrogens with zero attached hydrogens (tertiary/aromatic N) is 1. The first kappa shape index (κ1) is 20.5. The molecule has 0 amide bonds. The first-order chi connectivity index (χ1) is 12.1. The molecule has 1 N–H and O–H groups in total. The molecule has 1 aromatic carbocycles. The largest absolute Gasteiger partial charge is 0.433 e. The molecule has 0 aliphatic carbocycles. The summed E-state index contributed by atoms with van der Waals surface area (Å²) in [6.07, 6.45) is -6.36. The van der Waals surface area contributed by atoms with Crippen LogP contribution in [0.2, 0.25) is 0 Å². The number of halogens is 6. The molecule has 1 aromatic heterocycles. The lowest BCUT2D eigenvalue weighted by Crippen LogP contribution is -2.19. The number of pyridine rings is 1. The molecule has 0 aliphatic heterocycles. The maximum absolute atomic E-state index is 13.2. The number of para-hydroxylation sites is 1. The molecule has 0 aliphatic rings. The van der Waals surface area contributed by atoms with Crippen LogP contribution in [-0.2, 0) is 18.8 Å². The molecule has 26 heavy (non-hydrogen) atoms. The molecule has 0 fully saturated rings. The first-order valence-corrected chi connectivity index (χ1v) is 8.42. The second-order valence-electron chi connectivity index (χ2n) is 6.07. The minimum atomic E-state index is -4.81. The van der Waals surface area contributed by atoms with Crippen LogP contribution in [0.3, 0.4) is 0 Å². The van der Waals surface area contributed by atoms with Crippen LogP contribution < -0.4 is 5.32 Å². The maximum Gasteiger partial charge on any atom is 0.433 e. The van der Waals surface area contributed by atoms with Crippen LogP contribution in [0.1, 0.15) is 43.0 Å². The van der Waals surface area contributed by atoms with E-state index in [9.17, 15) is 26.3 Å². The number of aromatic nitrogens is 1. The van der Waals surface area contributed by atoms with E-state index < -0.39 is 29.1 Å². The summed E-state index contributed by atoms with van der Waals surface area (Å²) in [5.41, 5.74) is -2.91. The van der Waals surface area contributed by atoms with Crippen LogP contribution in [0, 0.1) is 0 Å². The van der Waals surface area contributed by atoms with Crippen molar-refractivity contribution >= 4 is 10.9 Å². The molecule has 2 rings (SSSR count). The van der Waals surface area contributed by atoms with Gasteiger partial charge in [0.25, 0.3) is 0 Å². The van der Waals surface area contributed by atoms with Gasteiger partial charge in [-0.15, -0.1) is 0 Å². The van der Waals surface area contributed by atoms with E-state index in [1.54, 1.807) is 0 Å². The zero-order valence-corrected chi connectivity index (χ0v) is 14.3. The summed E-state index contributed by atoms with van der Waals surface area (Å²) >= 11 is 0. The van der Waals surface area contributed by atoms with Crippen molar-refractivity contribution in [2.24, 2.45) is 0 Å². The molecule has 2 nitrogen and oxygen atoms in total. The molecule has 8 heteroatoms. The van der Waals surface area contributed by atoms with Crippen molar-refractivity contribution in [1.82, 2.24) is 10.3 Å². The number of hydrogen-bond donors (Lipinski definition) is 1. The average molecular weight is 378 g/mol. The fourth-order valence-electron chi connectivity index (χ4n) is 2.75. The zero-order valence-electron chi connectivity index (χ0n) is 14.3. The van der Waals surface area contributed by atoms with Crippen molar-refractivity contribution in [3.05, 3.63) is 41.1 Å². The molecule has 0 spiro atoms. The van der Waals surface area contributed by atoms with Gasteiger partial charge in [-0.2, -0.15) is 26.3 Å². The van der Waals surface area contributed by atoms with Gasteiger partial charge in [0, 0.05) is 5.39 Å².